The molecular weight excluding hydrogens is 508 g/mol. The number of ether oxygens (including phenoxy) is 2. The minimum atomic E-state index is -2.80. The molecule has 8 nitrogen and oxygen atoms in total. The summed E-state index contributed by atoms with van der Waals surface area (Å²) < 4.78 is 49.9. The third-order valence-corrected chi connectivity index (χ3v) is 13.6. The molecule has 4 unspecified atom stereocenters. The monoisotopic (exact) mass is 564 g/mol. The van der Waals surface area contributed by atoms with Gasteiger partial charge in [0.1, 0.15) is 0 Å². The molecule has 220 valence electrons. The molecule has 37 heavy (non-hydrogen) atoms. The molecule has 2 fully saturated rings. The molecule has 0 N–H and O–H groups in total. The molecule has 0 aromatic heterocycles. The highest BCUT2D eigenvalue weighted by atomic mass is 28.4. The predicted octanol–water partition coefficient (Wildman–Crippen LogP) is 5.98. The van der Waals surface area contributed by atoms with Crippen LogP contribution in [0.2, 0.25) is 12.1 Å². The Bertz CT molecular complexity index is 527. The van der Waals surface area contributed by atoms with E-state index < -0.39 is 17.6 Å². The van der Waals surface area contributed by atoms with E-state index in [1.807, 2.05) is 41.5 Å². The first kappa shape index (κ1) is 33.3. The highest BCUT2D eigenvalue weighted by Crippen LogP contribution is 2.48. The van der Waals surface area contributed by atoms with Crippen molar-refractivity contribution in [2.75, 3.05) is 39.6 Å². The summed E-state index contributed by atoms with van der Waals surface area (Å²) in [4.78, 5) is 0. The molecule has 0 aromatic carbocycles. The fraction of sp³-hybridized carbons (Fsp3) is 1.00. The summed E-state index contributed by atoms with van der Waals surface area (Å²) in [5.41, 5.74) is -0.0390. The second-order valence-corrected chi connectivity index (χ2v) is 15.9. The second kappa shape index (κ2) is 16.4. The van der Waals surface area contributed by atoms with Crippen LogP contribution in [0.15, 0.2) is 0 Å². The topological polar surface area (TPSA) is 73.8 Å². The predicted molar refractivity (Wildman–Crippen MR) is 150 cm³/mol. The van der Waals surface area contributed by atoms with Crippen LogP contribution < -0.4 is 0 Å². The molecule has 10 heteroatoms. The van der Waals surface area contributed by atoms with Crippen LogP contribution in [0.25, 0.3) is 0 Å². The Balaban J connectivity index is 2.35. The minimum absolute atomic E-state index is 0.0390. The van der Waals surface area contributed by atoms with Crippen molar-refractivity contribution in [1.29, 1.82) is 0 Å². The molecular formula is C27H56O8Si2. The van der Waals surface area contributed by atoms with E-state index in [4.69, 9.17) is 36.0 Å². The van der Waals surface area contributed by atoms with Crippen LogP contribution in [-0.4, -0.2) is 81.7 Å². The lowest BCUT2D eigenvalue weighted by molar-refractivity contribution is -0.158. The van der Waals surface area contributed by atoms with Gasteiger partial charge in [0.15, 0.2) is 0 Å². The maximum absolute atomic E-state index is 6.26. The summed E-state index contributed by atoms with van der Waals surface area (Å²) >= 11 is 0. The first-order valence-electron chi connectivity index (χ1n) is 14.9. The number of hydrogen-bond donors (Lipinski definition) is 0. The Hall–Kier alpha value is 0.114. The first-order chi connectivity index (χ1) is 17.7. The van der Waals surface area contributed by atoms with Gasteiger partial charge in [-0.1, -0.05) is 0 Å². The third-order valence-electron chi connectivity index (χ3n) is 7.47. The van der Waals surface area contributed by atoms with Crippen molar-refractivity contribution in [1.82, 2.24) is 0 Å². The van der Waals surface area contributed by atoms with Gasteiger partial charge in [0, 0.05) is 51.7 Å². The molecule has 0 saturated carbocycles. The van der Waals surface area contributed by atoms with E-state index in [0.717, 1.165) is 50.6 Å². The smallest absolute Gasteiger partial charge is 0.375 e. The van der Waals surface area contributed by atoms with E-state index >= 15 is 0 Å². The average molecular weight is 565 g/mol. The zero-order valence-electron chi connectivity index (χ0n) is 25.0. The van der Waals surface area contributed by atoms with Crippen LogP contribution in [0, 0.1) is 5.41 Å². The zero-order valence-corrected chi connectivity index (χ0v) is 27.0. The van der Waals surface area contributed by atoms with E-state index in [9.17, 15) is 0 Å². The highest BCUT2D eigenvalue weighted by molar-refractivity contribution is 6.61. The van der Waals surface area contributed by atoms with Crippen molar-refractivity contribution in [3.05, 3.63) is 0 Å². The molecule has 2 rings (SSSR count). The van der Waals surface area contributed by atoms with Gasteiger partial charge in [-0.05, 0) is 99.3 Å². The fourth-order valence-electron chi connectivity index (χ4n) is 6.06. The maximum atomic E-state index is 6.26. The number of hydrogen-bond acceptors (Lipinski definition) is 8. The first-order valence-corrected chi connectivity index (χ1v) is 18.7. The van der Waals surface area contributed by atoms with Crippen LogP contribution in [0.1, 0.15) is 93.9 Å². The Kier molecular flexibility index (Phi) is 14.8. The molecule has 2 aliphatic rings. The lowest BCUT2D eigenvalue weighted by Gasteiger charge is -2.47. The van der Waals surface area contributed by atoms with E-state index in [1.165, 1.54) is 0 Å². The van der Waals surface area contributed by atoms with Gasteiger partial charge in [-0.15, -0.1) is 0 Å². The van der Waals surface area contributed by atoms with Crippen molar-refractivity contribution < 1.29 is 36.0 Å². The quantitative estimate of drug-likeness (QED) is 0.149. The summed E-state index contributed by atoms with van der Waals surface area (Å²) in [5.74, 6) is 0. The SMILES string of the molecule is CCO[Si](CCC(CC[Si](OCC)(OCC)OCC)(CC1CC(C)O1)CC1CC(C)O1)(OCC)OCC. The molecule has 0 bridgehead atoms. The highest BCUT2D eigenvalue weighted by Gasteiger charge is 2.50. The largest absolute Gasteiger partial charge is 0.500 e. The Labute approximate surface area is 229 Å². The molecule has 0 aliphatic carbocycles. The van der Waals surface area contributed by atoms with Gasteiger partial charge in [0.05, 0.1) is 24.4 Å². The van der Waals surface area contributed by atoms with Crippen LogP contribution in [0.5, 0.6) is 0 Å². The van der Waals surface area contributed by atoms with Crippen molar-refractivity contribution in [2.45, 2.75) is 130 Å². The lowest BCUT2D eigenvalue weighted by Crippen LogP contribution is -2.50. The molecule has 0 amide bonds. The molecule has 2 saturated heterocycles. The summed E-state index contributed by atoms with van der Waals surface area (Å²) in [5, 5.41) is 0. The Morgan fingerprint density at radius 2 is 0.838 bits per heavy atom. The van der Waals surface area contributed by atoms with Crippen molar-refractivity contribution in [3.63, 3.8) is 0 Å². The van der Waals surface area contributed by atoms with Gasteiger partial charge in [0.2, 0.25) is 0 Å². The summed E-state index contributed by atoms with van der Waals surface area (Å²) in [6.07, 6.45) is 7.19. The van der Waals surface area contributed by atoms with Crippen molar-refractivity contribution in [3.8, 4) is 0 Å². The standard InChI is InChI=1S/C27H56O8Si2/c1-9-28-36(29-10-2,30-11-3)17-15-27(21-25-19-23(7)34-25,22-26-20-24(8)35-26)16-18-37(31-12-4,32-13-5)33-14-6/h23-26H,9-22H2,1-8H3. The van der Waals surface area contributed by atoms with Crippen molar-refractivity contribution >= 4 is 17.6 Å². The third kappa shape index (κ3) is 10.2. The second-order valence-electron chi connectivity index (χ2n) is 10.5. The number of rotatable bonds is 22. The summed E-state index contributed by atoms with van der Waals surface area (Å²) in [6.45, 7) is 19.9. The normalized spacial score (nSPS) is 24.6. The molecule has 4 atom stereocenters. The van der Waals surface area contributed by atoms with Crippen LogP contribution in [0.4, 0.5) is 0 Å². The molecule has 2 heterocycles. The van der Waals surface area contributed by atoms with Crippen LogP contribution in [-0.2, 0) is 36.0 Å². The minimum Gasteiger partial charge on any atom is -0.375 e. The maximum Gasteiger partial charge on any atom is 0.500 e. The Morgan fingerprint density at radius 1 is 0.568 bits per heavy atom. The Morgan fingerprint density at radius 3 is 1.05 bits per heavy atom. The van der Waals surface area contributed by atoms with Gasteiger partial charge in [-0.2, -0.15) is 0 Å². The van der Waals surface area contributed by atoms with Gasteiger partial charge in [-0.25, -0.2) is 0 Å². The van der Waals surface area contributed by atoms with Gasteiger partial charge >= 0.3 is 17.6 Å². The molecule has 0 aromatic rings. The van der Waals surface area contributed by atoms with E-state index in [1.54, 1.807) is 0 Å². The molecule has 0 radical (unpaired) electrons. The molecule has 0 spiro atoms. The van der Waals surface area contributed by atoms with Crippen molar-refractivity contribution in [2.24, 2.45) is 5.41 Å². The van der Waals surface area contributed by atoms with E-state index in [0.29, 0.717) is 51.8 Å². The molecule has 2 aliphatic heterocycles. The van der Waals surface area contributed by atoms with Gasteiger partial charge < -0.3 is 36.0 Å². The lowest BCUT2D eigenvalue weighted by atomic mass is 9.70. The van der Waals surface area contributed by atoms with Gasteiger partial charge in [0.25, 0.3) is 0 Å². The van der Waals surface area contributed by atoms with Crippen LogP contribution >= 0.6 is 0 Å². The average Bonchev–Trinajstić information content (AvgIpc) is 2.81. The van der Waals surface area contributed by atoms with Gasteiger partial charge in [-0.3, -0.25) is 0 Å². The fourth-order valence-corrected chi connectivity index (χ4v) is 11.7. The van der Waals surface area contributed by atoms with E-state index in [-0.39, 0.29) is 17.6 Å². The zero-order chi connectivity index (χ0) is 27.4. The summed E-state index contributed by atoms with van der Waals surface area (Å²) in [6, 6.07) is 1.55. The van der Waals surface area contributed by atoms with Crippen LogP contribution in [0.3, 0.4) is 0 Å². The summed E-state index contributed by atoms with van der Waals surface area (Å²) in [7, 11) is -5.61. The van der Waals surface area contributed by atoms with E-state index in [2.05, 4.69) is 13.8 Å².